The van der Waals surface area contributed by atoms with Crippen molar-refractivity contribution in [1.82, 2.24) is 10.2 Å². The number of aromatic nitrogens is 2. The van der Waals surface area contributed by atoms with Crippen molar-refractivity contribution >= 4 is 22.4 Å². The zero-order chi connectivity index (χ0) is 16.8. The van der Waals surface area contributed by atoms with Crippen LogP contribution in [0.25, 0.3) is 0 Å². The van der Waals surface area contributed by atoms with Gasteiger partial charge in [-0.05, 0) is 30.5 Å². The van der Waals surface area contributed by atoms with Crippen LogP contribution in [0.15, 0.2) is 54.6 Å². The summed E-state index contributed by atoms with van der Waals surface area (Å²) in [6, 6.07) is 16.1. The first-order valence-corrected chi connectivity index (χ1v) is 8.46. The number of carbonyl (C=O) groups excluding carboxylic acids is 1. The number of halogens is 1. The standard InChI is InChI=1S/C18H16FN3OS/c19-15-11-5-4-10-14(15)17(23)20-18-22-21-16(24-18)12-6-9-13-7-2-1-3-8-13/h1-5,7-8,10-11H,6,9,12H2,(H,20,22,23). The fraction of sp³-hybridized carbons (Fsp3) is 0.167. The summed E-state index contributed by atoms with van der Waals surface area (Å²) in [6.07, 6.45) is 2.72. The molecule has 0 saturated carbocycles. The third-order valence-corrected chi connectivity index (χ3v) is 4.40. The number of nitrogens with zero attached hydrogens (tertiary/aromatic N) is 2. The Hall–Kier alpha value is -2.60. The van der Waals surface area contributed by atoms with E-state index in [9.17, 15) is 9.18 Å². The first kappa shape index (κ1) is 16.3. The van der Waals surface area contributed by atoms with Gasteiger partial charge in [0, 0.05) is 6.42 Å². The minimum Gasteiger partial charge on any atom is -0.296 e. The highest BCUT2D eigenvalue weighted by Crippen LogP contribution is 2.19. The van der Waals surface area contributed by atoms with E-state index in [0.717, 1.165) is 24.3 Å². The van der Waals surface area contributed by atoms with E-state index < -0.39 is 11.7 Å². The molecule has 0 saturated heterocycles. The molecule has 0 unspecified atom stereocenters. The van der Waals surface area contributed by atoms with Gasteiger partial charge in [-0.25, -0.2) is 4.39 Å². The van der Waals surface area contributed by atoms with Crippen molar-refractivity contribution in [2.24, 2.45) is 0 Å². The van der Waals surface area contributed by atoms with Gasteiger partial charge < -0.3 is 0 Å². The maximum atomic E-state index is 13.6. The Morgan fingerprint density at radius 3 is 2.54 bits per heavy atom. The van der Waals surface area contributed by atoms with E-state index in [4.69, 9.17) is 0 Å². The van der Waals surface area contributed by atoms with Gasteiger partial charge in [-0.15, -0.1) is 10.2 Å². The van der Waals surface area contributed by atoms with Crippen LogP contribution in [0.3, 0.4) is 0 Å². The van der Waals surface area contributed by atoms with Crippen LogP contribution in [0.2, 0.25) is 0 Å². The lowest BCUT2D eigenvalue weighted by Gasteiger charge is -2.01. The molecule has 6 heteroatoms. The molecule has 1 aromatic heterocycles. The molecule has 3 aromatic rings. The molecular weight excluding hydrogens is 325 g/mol. The second-order valence-electron chi connectivity index (χ2n) is 5.27. The molecule has 0 atom stereocenters. The molecule has 3 rings (SSSR count). The van der Waals surface area contributed by atoms with Gasteiger partial charge >= 0.3 is 0 Å². The van der Waals surface area contributed by atoms with Crippen LogP contribution in [0.1, 0.15) is 27.3 Å². The highest BCUT2D eigenvalue weighted by atomic mass is 32.1. The van der Waals surface area contributed by atoms with Crippen molar-refractivity contribution in [3.05, 3.63) is 76.5 Å². The van der Waals surface area contributed by atoms with Crippen LogP contribution >= 0.6 is 11.3 Å². The number of carbonyl (C=O) groups is 1. The molecule has 0 aliphatic rings. The van der Waals surface area contributed by atoms with Crippen LogP contribution in [-0.2, 0) is 12.8 Å². The maximum absolute atomic E-state index is 13.6. The molecule has 0 bridgehead atoms. The smallest absolute Gasteiger partial charge is 0.260 e. The molecule has 1 N–H and O–H groups in total. The first-order valence-electron chi connectivity index (χ1n) is 7.64. The number of amides is 1. The van der Waals surface area contributed by atoms with Crippen LogP contribution in [0, 0.1) is 5.82 Å². The quantitative estimate of drug-likeness (QED) is 0.734. The van der Waals surface area contributed by atoms with Crippen molar-refractivity contribution in [2.45, 2.75) is 19.3 Å². The number of hydrogen-bond donors (Lipinski definition) is 1. The van der Waals surface area contributed by atoms with E-state index in [1.807, 2.05) is 18.2 Å². The monoisotopic (exact) mass is 341 g/mol. The lowest BCUT2D eigenvalue weighted by Crippen LogP contribution is -2.13. The number of anilines is 1. The van der Waals surface area contributed by atoms with Gasteiger partial charge in [0.2, 0.25) is 5.13 Å². The first-order chi connectivity index (χ1) is 11.7. The normalized spacial score (nSPS) is 10.5. The zero-order valence-electron chi connectivity index (χ0n) is 12.9. The Bertz CT molecular complexity index is 820. The van der Waals surface area contributed by atoms with E-state index in [0.29, 0.717) is 5.13 Å². The SMILES string of the molecule is O=C(Nc1nnc(CCCc2ccccc2)s1)c1ccccc1F. The number of nitrogens with one attached hydrogen (secondary N) is 1. The van der Waals surface area contributed by atoms with Gasteiger partial charge in [-0.2, -0.15) is 0 Å². The fourth-order valence-electron chi connectivity index (χ4n) is 2.30. The summed E-state index contributed by atoms with van der Waals surface area (Å²) in [6.45, 7) is 0. The summed E-state index contributed by atoms with van der Waals surface area (Å²) in [5, 5.41) is 11.9. The molecule has 122 valence electrons. The number of hydrogen-bond acceptors (Lipinski definition) is 4. The average molecular weight is 341 g/mol. The van der Waals surface area contributed by atoms with E-state index in [1.54, 1.807) is 12.1 Å². The molecule has 0 fully saturated rings. The van der Waals surface area contributed by atoms with Crippen LogP contribution < -0.4 is 5.32 Å². The lowest BCUT2D eigenvalue weighted by molar-refractivity contribution is 0.102. The fourth-order valence-corrected chi connectivity index (χ4v) is 3.08. The van der Waals surface area contributed by atoms with Crippen molar-refractivity contribution < 1.29 is 9.18 Å². The van der Waals surface area contributed by atoms with E-state index in [1.165, 1.54) is 29.0 Å². The van der Waals surface area contributed by atoms with Crippen LogP contribution in [0.4, 0.5) is 9.52 Å². The topological polar surface area (TPSA) is 54.9 Å². The summed E-state index contributed by atoms with van der Waals surface area (Å²) in [7, 11) is 0. The second kappa shape index (κ2) is 7.79. The van der Waals surface area contributed by atoms with Gasteiger partial charge in [0.25, 0.3) is 5.91 Å². The average Bonchev–Trinajstić information content (AvgIpc) is 3.03. The minimum absolute atomic E-state index is 0.00155. The van der Waals surface area contributed by atoms with Gasteiger partial charge in [0.15, 0.2) is 0 Å². The van der Waals surface area contributed by atoms with E-state index in [-0.39, 0.29) is 5.56 Å². The van der Waals surface area contributed by atoms with Crippen molar-refractivity contribution in [3.8, 4) is 0 Å². The highest BCUT2D eigenvalue weighted by molar-refractivity contribution is 7.15. The number of benzene rings is 2. The minimum atomic E-state index is -0.553. The molecule has 24 heavy (non-hydrogen) atoms. The molecule has 0 spiro atoms. The number of rotatable bonds is 6. The van der Waals surface area contributed by atoms with Gasteiger partial charge in [-0.3, -0.25) is 10.1 Å². The largest absolute Gasteiger partial charge is 0.296 e. The molecule has 0 radical (unpaired) electrons. The van der Waals surface area contributed by atoms with E-state index in [2.05, 4.69) is 27.6 Å². The Labute approximate surface area is 143 Å². The molecule has 2 aromatic carbocycles. The number of aryl methyl sites for hydroxylation is 2. The van der Waals surface area contributed by atoms with Gasteiger partial charge in [0.1, 0.15) is 10.8 Å². The Balaban J connectivity index is 1.54. The molecular formula is C18H16FN3OS. The zero-order valence-corrected chi connectivity index (χ0v) is 13.7. The Morgan fingerprint density at radius 1 is 1.00 bits per heavy atom. The Morgan fingerprint density at radius 2 is 1.75 bits per heavy atom. The van der Waals surface area contributed by atoms with Crippen molar-refractivity contribution in [3.63, 3.8) is 0 Å². The predicted octanol–water partition coefficient (Wildman–Crippen LogP) is 4.10. The second-order valence-corrected chi connectivity index (χ2v) is 6.34. The van der Waals surface area contributed by atoms with E-state index >= 15 is 0 Å². The predicted molar refractivity (Wildman–Crippen MR) is 92.7 cm³/mol. The van der Waals surface area contributed by atoms with Gasteiger partial charge in [0.05, 0.1) is 5.56 Å². The maximum Gasteiger partial charge on any atom is 0.260 e. The lowest BCUT2D eigenvalue weighted by atomic mass is 10.1. The van der Waals surface area contributed by atoms with Crippen molar-refractivity contribution in [1.29, 1.82) is 0 Å². The van der Waals surface area contributed by atoms with Gasteiger partial charge in [-0.1, -0.05) is 53.8 Å². The molecule has 1 heterocycles. The Kier molecular flexibility index (Phi) is 5.28. The summed E-state index contributed by atoms with van der Waals surface area (Å²) in [5.74, 6) is -1.07. The highest BCUT2D eigenvalue weighted by Gasteiger charge is 2.13. The third kappa shape index (κ3) is 4.23. The summed E-state index contributed by atoms with van der Waals surface area (Å²) in [5.41, 5.74) is 1.29. The molecule has 0 aliphatic heterocycles. The molecule has 1 amide bonds. The summed E-state index contributed by atoms with van der Waals surface area (Å²) < 4.78 is 13.6. The third-order valence-electron chi connectivity index (χ3n) is 3.50. The van der Waals surface area contributed by atoms with Crippen LogP contribution in [0.5, 0.6) is 0 Å². The molecule has 4 nitrogen and oxygen atoms in total. The van der Waals surface area contributed by atoms with Crippen LogP contribution in [-0.4, -0.2) is 16.1 Å². The molecule has 0 aliphatic carbocycles. The summed E-state index contributed by atoms with van der Waals surface area (Å²) >= 11 is 1.32. The van der Waals surface area contributed by atoms with Crippen molar-refractivity contribution in [2.75, 3.05) is 5.32 Å². The summed E-state index contributed by atoms with van der Waals surface area (Å²) in [4.78, 5) is 12.0.